The second-order valence-electron chi connectivity index (χ2n) is 7.71. The van der Waals surface area contributed by atoms with Gasteiger partial charge in [-0.2, -0.15) is 0 Å². The molecule has 0 saturated carbocycles. The first-order valence-corrected chi connectivity index (χ1v) is 15.3. The molecule has 11 heteroatoms. The lowest BCUT2D eigenvalue weighted by Gasteiger charge is -2.23. The predicted molar refractivity (Wildman–Crippen MR) is 103 cm³/mol. The highest BCUT2D eigenvalue weighted by Crippen LogP contribution is 2.24. The Balaban J connectivity index is 1.47. The molecule has 27 heavy (non-hydrogen) atoms. The maximum absolute atomic E-state index is 11.4. The molecule has 2 saturated heterocycles. The van der Waals surface area contributed by atoms with E-state index < -0.39 is 40.0 Å². The number of ether oxygens (including phenoxy) is 2. The van der Waals surface area contributed by atoms with Crippen LogP contribution < -0.4 is 0 Å². The SMILES string of the molecule is C[Si](C)(CCCC1CC(=O)OC1=O)O[SiH2]O[SiH2]CCCC1CC(=O)OC1=O. The Morgan fingerprint density at radius 2 is 1.52 bits per heavy atom. The minimum Gasteiger partial charge on any atom is -0.446 e. The molecule has 2 fully saturated rings. The first kappa shape index (κ1) is 22.1. The van der Waals surface area contributed by atoms with E-state index in [9.17, 15) is 19.2 Å². The van der Waals surface area contributed by atoms with Crippen LogP contribution in [0.4, 0.5) is 0 Å². The van der Waals surface area contributed by atoms with Gasteiger partial charge in [-0.25, -0.2) is 0 Å². The van der Waals surface area contributed by atoms with Crippen LogP contribution in [0.2, 0.25) is 25.2 Å². The van der Waals surface area contributed by atoms with E-state index in [-0.39, 0.29) is 36.6 Å². The summed E-state index contributed by atoms with van der Waals surface area (Å²) in [6, 6.07) is 1.90. The average Bonchev–Trinajstić information content (AvgIpc) is 3.06. The van der Waals surface area contributed by atoms with Gasteiger partial charge in [-0.15, -0.1) is 0 Å². The lowest BCUT2D eigenvalue weighted by atomic mass is 10.0. The largest absolute Gasteiger partial charge is 0.446 e. The van der Waals surface area contributed by atoms with Gasteiger partial charge in [-0.05, 0) is 38.0 Å². The summed E-state index contributed by atoms with van der Waals surface area (Å²) < 4.78 is 20.9. The van der Waals surface area contributed by atoms with E-state index in [0.29, 0.717) is 12.8 Å². The molecule has 0 N–H and O–H groups in total. The van der Waals surface area contributed by atoms with Crippen LogP contribution in [0.5, 0.6) is 0 Å². The molecular weight excluding hydrogens is 404 g/mol. The summed E-state index contributed by atoms with van der Waals surface area (Å²) in [5, 5.41) is 0. The Labute approximate surface area is 164 Å². The van der Waals surface area contributed by atoms with Gasteiger partial charge >= 0.3 is 23.9 Å². The van der Waals surface area contributed by atoms with Gasteiger partial charge in [-0.1, -0.05) is 12.8 Å². The lowest BCUT2D eigenvalue weighted by Crippen LogP contribution is -2.33. The molecule has 2 unspecified atom stereocenters. The van der Waals surface area contributed by atoms with Gasteiger partial charge in [0, 0.05) is 0 Å². The molecule has 2 atom stereocenters. The summed E-state index contributed by atoms with van der Waals surface area (Å²) in [4.78, 5) is 44.9. The first-order valence-electron chi connectivity index (χ1n) is 9.47. The summed E-state index contributed by atoms with van der Waals surface area (Å²) >= 11 is 0. The fraction of sp³-hybridized carbons (Fsp3) is 0.750. The molecule has 0 spiro atoms. The number of carbonyl (C=O) groups excluding carboxylic acids is 4. The molecule has 0 radical (unpaired) electrons. The fourth-order valence-electron chi connectivity index (χ4n) is 3.18. The summed E-state index contributed by atoms with van der Waals surface area (Å²) in [6.07, 6.45) is 3.52. The zero-order valence-corrected chi connectivity index (χ0v) is 19.8. The Kier molecular flexibility index (Phi) is 8.54. The van der Waals surface area contributed by atoms with Gasteiger partial charge in [0.25, 0.3) is 10.0 Å². The molecule has 0 aromatic heterocycles. The number of rotatable bonds is 12. The summed E-state index contributed by atoms with van der Waals surface area (Å²) in [5.74, 6) is -2.15. The smallest absolute Gasteiger partial charge is 0.317 e. The zero-order valence-electron chi connectivity index (χ0n) is 16.0. The highest BCUT2D eigenvalue weighted by molar-refractivity contribution is 6.74. The molecule has 2 rings (SSSR count). The van der Waals surface area contributed by atoms with E-state index in [2.05, 4.69) is 22.6 Å². The second-order valence-corrected chi connectivity index (χ2v) is 15.9. The predicted octanol–water partition coefficient (Wildman–Crippen LogP) is 0.465. The van der Waals surface area contributed by atoms with Crippen LogP contribution in [0.1, 0.15) is 38.5 Å². The van der Waals surface area contributed by atoms with Gasteiger partial charge in [0.05, 0.1) is 24.7 Å². The van der Waals surface area contributed by atoms with Gasteiger partial charge in [-0.3, -0.25) is 19.2 Å². The van der Waals surface area contributed by atoms with E-state index in [1.54, 1.807) is 0 Å². The number of cyclic esters (lactones) is 4. The van der Waals surface area contributed by atoms with Crippen molar-refractivity contribution in [1.29, 1.82) is 0 Å². The molecule has 0 aromatic rings. The molecule has 2 heterocycles. The van der Waals surface area contributed by atoms with Crippen LogP contribution in [0, 0.1) is 11.8 Å². The highest BCUT2D eigenvalue weighted by atomic mass is 28.4. The van der Waals surface area contributed by atoms with Gasteiger partial charge in [0.15, 0.2) is 8.32 Å². The maximum atomic E-state index is 11.4. The number of hydrogen-bond acceptors (Lipinski definition) is 8. The minimum absolute atomic E-state index is 0.206. The Bertz CT molecular complexity index is 580. The molecule has 2 aliphatic rings. The number of esters is 4. The number of hydrogen-bond donors (Lipinski definition) is 0. The van der Waals surface area contributed by atoms with Crippen LogP contribution in [0.25, 0.3) is 0 Å². The standard InChI is InChI=1S/C16H28O8Si3/c1-27(2,8-4-6-12-10-14(18)22-16(12)20)24-26-23-25-7-3-5-11-9-13(17)21-15(11)19/h11-12H,3-10,25-26H2,1-2H3. The van der Waals surface area contributed by atoms with E-state index in [4.69, 9.17) is 8.23 Å². The van der Waals surface area contributed by atoms with Crippen LogP contribution in [0.3, 0.4) is 0 Å². The number of carbonyl (C=O) groups is 4. The Morgan fingerprint density at radius 3 is 2.04 bits per heavy atom. The molecular formula is C16H28O8Si3. The first-order chi connectivity index (χ1) is 12.8. The highest BCUT2D eigenvalue weighted by Gasteiger charge is 2.34. The summed E-state index contributed by atoms with van der Waals surface area (Å²) in [5.41, 5.74) is 0. The lowest BCUT2D eigenvalue weighted by molar-refractivity contribution is -0.154. The van der Waals surface area contributed by atoms with Crippen molar-refractivity contribution in [2.45, 2.75) is 63.7 Å². The van der Waals surface area contributed by atoms with Gasteiger partial charge in [0.2, 0.25) is 0 Å². The van der Waals surface area contributed by atoms with Crippen molar-refractivity contribution in [2.24, 2.45) is 11.8 Å². The average molecular weight is 433 g/mol. The van der Waals surface area contributed by atoms with E-state index in [0.717, 1.165) is 24.9 Å². The maximum Gasteiger partial charge on any atom is 0.317 e. The third-order valence-corrected chi connectivity index (χ3v) is 12.6. The summed E-state index contributed by atoms with van der Waals surface area (Å²) in [7, 11) is -3.43. The Morgan fingerprint density at radius 1 is 0.963 bits per heavy atom. The quantitative estimate of drug-likeness (QED) is 0.190. The second kappa shape index (κ2) is 10.4. The van der Waals surface area contributed by atoms with Crippen molar-refractivity contribution in [1.82, 2.24) is 0 Å². The van der Waals surface area contributed by atoms with Crippen LogP contribution >= 0.6 is 0 Å². The Hall–Kier alpha value is -1.15. The van der Waals surface area contributed by atoms with E-state index >= 15 is 0 Å². The normalized spacial score (nSPS) is 23.9. The van der Waals surface area contributed by atoms with E-state index in [1.165, 1.54) is 0 Å². The van der Waals surface area contributed by atoms with Crippen LogP contribution in [-0.2, 0) is 36.9 Å². The molecule has 0 amide bonds. The van der Waals surface area contributed by atoms with Crippen molar-refractivity contribution in [3.05, 3.63) is 0 Å². The van der Waals surface area contributed by atoms with Crippen molar-refractivity contribution in [3.63, 3.8) is 0 Å². The molecule has 152 valence electrons. The van der Waals surface area contributed by atoms with E-state index in [1.807, 2.05) is 0 Å². The van der Waals surface area contributed by atoms with Crippen LogP contribution in [-0.4, -0.2) is 52.0 Å². The molecule has 0 bridgehead atoms. The zero-order chi connectivity index (χ0) is 19.9. The van der Waals surface area contributed by atoms with Gasteiger partial charge in [0.1, 0.15) is 9.76 Å². The monoisotopic (exact) mass is 432 g/mol. The van der Waals surface area contributed by atoms with Crippen molar-refractivity contribution < 1.29 is 36.9 Å². The third-order valence-electron chi connectivity index (χ3n) is 4.88. The van der Waals surface area contributed by atoms with Gasteiger partial charge < -0.3 is 17.7 Å². The minimum atomic E-state index is -1.80. The van der Waals surface area contributed by atoms with Crippen molar-refractivity contribution in [2.75, 3.05) is 0 Å². The molecule has 2 aliphatic heterocycles. The van der Waals surface area contributed by atoms with Crippen LogP contribution in [0.15, 0.2) is 0 Å². The molecule has 0 aliphatic carbocycles. The fourth-order valence-corrected chi connectivity index (χ4v) is 8.96. The van der Waals surface area contributed by atoms with Crippen molar-refractivity contribution in [3.8, 4) is 0 Å². The summed E-state index contributed by atoms with van der Waals surface area (Å²) in [6.45, 7) is 4.29. The topological polar surface area (TPSA) is 105 Å². The molecule has 0 aromatic carbocycles. The van der Waals surface area contributed by atoms with Crippen molar-refractivity contribution >= 4 is 52.0 Å². The molecule has 8 nitrogen and oxygen atoms in total. The third kappa shape index (κ3) is 7.78.